The maximum atomic E-state index is 13.3. The summed E-state index contributed by atoms with van der Waals surface area (Å²) >= 11 is 0. The Kier molecular flexibility index (Phi) is 7.31. The zero-order valence-corrected chi connectivity index (χ0v) is 20.7. The first-order chi connectivity index (χ1) is 16.8. The van der Waals surface area contributed by atoms with E-state index in [0.717, 1.165) is 17.7 Å². The van der Waals surface area contributed by atoms with E-state index in [1.807, 2.05) is 45.0 Å². The lowest BCUT2D eigenvalue weighted by Crippen LogP contribution is -2.35. The Bertz CT molecular complexity index is 1160. The van der Waals surface area contributed by atoms with Crippen LogP contribution in [0.4, 0.5) is 0 Å². The molecule has 2 aliphatic heterocycles. The molecule has 8 heteroatoms. The van der Waals surface area contributed by atoms with Crippen molar-refractivity contribution in [2.45, 2.75) is 26.3 Å². The van der Waals surface area contributed by atoms with Gasteiger partial charge in [-0.05, 0) is 69.4 Å². The highest BCUT2D eigenvalue weighted by atomic mass is 16.5. The molecule has 0 bridgehead atoms. The van der Waals surface area contributed by atoms with E-state index in [1.165, 1.54) is 4.90 Å². The Morgan fingerprint density at radius 3 is 2.54 bits per heavy atom. The lowest BCUT2D eigenvalue weighted by molar-refractivity contribution is -0.140. The third kappa shape index (κ3) is 4.84. The van der Waals surface area contributed by atoms with Crippen molar-refractivity contribution < 1.29 is 28.9 Å². The fourth-order valence-electron chi connectivity index (χ4n) is 4.49. The van der Waals surface area contributed by atoms with Crippen molar-refractivity contribution in [3.05, 3.63) is 58.7 Å². The summed E-state index contributed by atoms with van der Waals surface area (Å²) in [5.74, 6) is 0.367. The van der Waals surface area contributed by atoms with Crippen LogP contribution in [0.2, 0.25) is 0 Å². The van der Waals surface area contributed by atoms with Gasteiger partial charge in [-0.15, -0.1) is 0 Å². The number of ketones is 1. The predicted molar refractivity (Wildman–Crippen MR) is 132 cm³/mol. The summed E-state index contributed by atoms with van der Waals surface area (Å²) in [7, 11) is 3.81. The Hall–Kier alpha value is -3.52. The van der Waals surface area contributed by atoms with E-state index in [9.17, 15) is 14.7 Å². The monoisotopic (exact) mass is 480 g/mol. The highest BCUT2D eigenvalue weighted by molar-refractivity contribution is 6.46. The molecule has 2 heterocycles. The number of aliphatic hydroxyl groups excluding tert-OH is 1. The van der Waals surface area contributed by atoms with Crippen molar-refractivity contribution in [2.75, 3.05) is 47.0 Å². The molecule has 186 valence electrons. The first-order valence-electron chi connectivity index (χ1n) is 11.9. The van der Waals surface area contributed by atoms with Crippen LogP contribution in [0.15, 0.2) is 42.0 Å². The minimum Gasteiger partial charge on any atom is -0.507 e. The number of hydrogen-bond donors (Lipinski definition) is 1. The topological polar surface area (TPSA) is 88.5 Å². The average Bonchev–Trinajstić information content (AvgIpc) is 3.41. The van der Waals surface area contributed by atoms with Crippen molar-refractivity contribution in [1.82, 2.24) is 9.80 Å². The molecule has 35 heavy (non-hydrogen) atoms. The van der Waals surface area contributed by atoms with Crippen molar-refractivity contribution in [1.29, 1.82) is 0 Å². The molecular weight excluding hydrogens is 448 g/mol. The summed E-state index contributed by atoms with van der Waals surface area (Å²) in [5, 5.41) is 11.4. The third-order valence-corrected chi connectivity index (χ3v) is 6.17. The molecule has 1 fully saturated rings. The first kappa shape index (κ1) is 24.6. The number of carbonyl (C=O) groups is 2. The number of likely N-dealkylation sites (N-methyl/N-ethyl adjacent to an activating group) is 1. The standard InChI is InChI=1S/C27H32N2O6/c1-5-33-21-10-7-18(16-22(21)34-6-2)24-23(26(31)27(32)29(24)13-12-28(3)4)25(30)19-8-9-20-17(15-19)11-14-35-20/h7-10,15-16,24,30H,5-6,11-14H2,1-4H3/b25-23+. The van der Waals surface area contributed by atoms with Gasteiger partial charge in [0.05, 0.1) is 31.4 Å². The van der Waals surface area contributed by atoms with Crippen LogP contribution in [0.1, 0.15) is 36.6 Å². The molecule has 1 saturated heterocycles. The number of aliphatic hydroxyl groups is 1. The molecule has 4 rings (SSSR count). The molecule has 1 atom stereocenters. The Morgan fingerprint density at radius 1 is 1.09 bits per heavy atom. The van der Waals surface area contributed by atoms with Crippen LogP contribution >= 0.6 is 0 Å². The van der Waals surface area contributed by atoms with Crippen LogP contribution in [-0.4, -0.2) is 73.6 Å². The molecule has 0 spiro atoms. The van der Waals surface area contributed by atoms with E-state index in [-0.39, 0.29) is 11.3 Å². The number of nitrogens with zero attached hydrogens (tertiary/aromatic N) is 2. The molecule has 1 N–H and O–H groups in total. The van der Waals surface area contributed by atoms with Gasteiger partial charge < -0.3 is 29.1 Å². The van der Waals surface area contributed by atoms with E-state index in [2.05, 4.69) is 0 Å². The number of hydrogen-bond acceptors (Lipinski definition) is 7. The molecule has 0 aliphatic carbocycles. The molecule has 8 nitrogen and oxygen atoms in total. The zero-order chi connectivity index (χ0) is 25.1. The van der Waals surface area contributed by atoms with Gasteiger partial charge in [-0.3, -0.25) is 9.59 Å². The Balaban J connectivity index is 1.84. The largest absolute Gasteiger partial charge is 0.507 e. The lowest BCUT2D eigenvalue weighted by atomic mass is 9.94. The van der Waals surface area contributed by atoms with E-state index in [0.29, 0.717) is 55.5 Å². The maximum Gasteiger partial charge on any atom is 0.295 e. The van der Waals surface area contributed by atoms with Crippen molar-refractivity contribution >= 4 is 17.4 Å². The normalized spacial score (nSPS) is 18.7. The van der Waals surface area contributed by atoms with Gasteiger partial charge in [0, 0.05) is 25.1 Å². The summed E-state index contributed by atoms with van der Waals surface area (Å²) in [6.45, 7) is 6.15. The third-order valence-electron chi connectivity index (χ3n) is 6.17. The van der Waals surface area contributed by atoms with Gasteiger partial charge in [-0.1, -0.05) is 6.07 Å². The average molecular weight is 481 g/mol. The fraction of sp³-hybridized carbons (Fsp3) is 0.407. The molecular formula is C27H32N2O6. The number of fused-ring (bicyclic) bond motifs is 1. The number of amides is 1. The van der Waals surface area contributed by atoms with Crippen LogP contribution in [0.25, 0.3) is 5.76 Å². The summed E-state index contributed by atoms with van der Waals surface area (Å²) < 4.78 is 17.1. The molecule has 0 aromatic heterocycles. The lowest BCUT2D eigenvalue weighted by Gasteiger charge is -2.27. The van der Waals surface area contributed by atoms with Gasteiger partial charge in [0.1, 0.15) is 11.5 Å². The highest BCUT2D eigenvalue weighted by Gasteiger charge is 2.46. The van der Waals surface area contributed by atoms with E-state index >= 15 is 0 Å². The second kappa shape index (κ2) is 10.4. The number of likely N-dealkylation sites (tertiary alicyclic amines) is 1. The van der Waals surface area contributed by atoms with Gasteiger partial charge in [-0.25, -0.2) is 0 Å². The van der Waals surface area contributed by atoms with E-state index in [4.69, 9.17) is 14.2 Å². The van der Waals surface area contributed by atoms with Gasteiger partial charge in [0.2, 0.25) is 0 Å². The summed E-state index contributed by atoms with van der Waals surface area (Å²) in [5.41, 5.74) is 2.19. The molecule has 0 radical (unpaired) electrons. The van der Waals surface area contributed by atoms with Crippen molar-refractivity contribution in [3.63, 3.8) is 0 Å². The maximum absolute atomic E-state index is 13.3. The minimum atomic E-state index is -0.755. The first-order valence-corrected chi connectivity index (χ1v) is 11.9. The SMILES string of the molecule is CCOc1ccc(C2/C(=C(\O)c3ccc4c(c3)CCO4)C(=O)C(=O)N2CCN(C)C)cc1OCC. The van der Waals surface area contributed by atoms with Crippen LogP contribution in [0, 0.1) is 0 Å². The van der Waals surface area contributed by atoms with Crippen molar-refractivity contribution in [2.24, 2.45) is 0 Å². The summed E-state index contributed by atoms with van der Waals surface area (Å²) in [4.78, 5) is 29.9. The van der Waals surface area contributed by atoms with Gasteiger partial charge in [0.15, 0.2) is 11.5 Å². The second-order valence-corrected chi connectivity index (χ2v) is 8.79. The summed E-state index contributed by atoms with van der Waals surface area (Å²) in [6, 6.07) is 9.96. The van der Waals surface area contributed by atoms with Crippen LogP contribution in [-0.2, 0) is 16.0 Å². The van der Waals surface area contributed by atoms with Gasteiger partial charge >= 0.3 is 0 Å². The number of carbonyl (C=O) groups excluding carboxylic acids is 2. The predicted octanol–water partition coefficient (Wildman–Crippen LogP) is 3.40. The molecule has 0 saturated carbocycles. The molecule has 1 amide bonds. The minimum absolute atomic E-state index is 0.0687. The van der Waals surface area contributed by atoms with Crippen LogP contribution in [0.3, 0.4) is 0 Å². The van der Waals surface area contributed by atoms with Gasteiger partial charge in [-0.2, -0.15) is 0 Å². The Morgan fingerprint density at radius 2 is 1.83 bits per heavy atom. The number of rotatable bonds is 9. The Labute approximate surface area is 205 Å². The van der Waals surface area contributed by atoms with E-state index < -0.39 is 17.7 Å². The van der Waals surface area contributed by atoms with Crippen LogP contribution in [0.5, 0.6) is 17.2 Å². The van der Waals surface area contributed by atoms with E-state index in [1.54, 1.807) is 24.3 Å². The molecule has 2 aromatic rings. The fourth-order valence-corrected chi connectivity index (χ4v) is 4.49. The molecule has 1 unspecified atom stereocenters. The number of ether oxygens (including phenoxy) is 3. The molecule has 2 aromatic carbocycles. The smallest absolute Gasteiger partial charge is 0.295 e. The highest BCUT2D eigenvalue weighted by Crippen LogP contribution is 2.42. The van der Waals surface area contributed by atoms with Crippen molar-refractivity contribution in [3.8, 4) is 17.2 Å². The zero-order valence-electron chi connectivity index (χ0n) is 20.7. The van der Waals surface area contributed by atoms with Crippen LogP contribution < -0.4 is 14.2 Å². The quantitative estimate of drug-likeness (QED) is 0.334. The molecule has 2 aliphatic rings. The summed E-state index contributed by atoms with van der Waals surface area (Å²) in [6.07, 6.45) is 0.730. The number of Topliss-reactive ketones (excluding diaryl/α,β-unsaturated/α-hetero) is 1. The van der Waals surface area contributed by atoms with Gasteiger partial charge in [0.25, 0.3) is 11.7 Å². The number of benzene rings is 2. The second-order valence-electron chi connectivity index (χ2n) is 8.79.